The van der Waals surface area contributed by atoms with Gasteiger partial charge in [-0.25, -0.2) is 0 Å². The van der Waals surface area contributed by atoms with Crippen molar-refractivity contribution in [3.05, 3.63) is 0 Å². The molecule has 0 aliphatic heterocycles. The maximum Gasteiger partial charge on any atom is 0.306 e. The van der Waals surface area contributed by atoms with Crippen LogP contribution in [0.3, 0.4) is 0 Å². The summed E-state index contributed by atoms with van der Waals surface area (Å²) in [6.07, 6.45) is 59.6. The van der Waals surface area contributed by atoms with Gasteiger partial charge in [0.05, 0.1) is 0 Å². The molecule has 0 aromatic rings. The first kappa shape index (κ1) is 66.4. The maximum absolute atomic E-state index is 12.9. The molecule has 0 amide bonds. The fourth-order valence-electron chi connectivity index (χ4n) is 9.58. The van der Waals surface area contributed by atoms with Crippen molar-refractivity contribution in [2.75, 3.05) is 13.2 Å². The highest BCUT2D eigenvalue weighted by Crippen LogP contribution is 2.19. The van der Waals surface area contributed by atoms with Crippen LogP contribution < -0.4 is 0 Å². The van der Waals surface area contributed by atoms with Crippen LogP contribution in [0, 0.1) is 11.8 Å². The van der Waals surface area contributed by atoms with Crippen molar-refractivity contribution < 1.29 is 28.6 Å². The molecule has 0 fully saturated rings. The molecule has 0 aromatic heterocycles. The molecule has 6 heteroatoms. The third-order valence-electron chi connectivity index (χ3n) is 14.2. The molecule has 0 aromatic carbocycles. The molecule has 0 heterocycles. The minimum atomic E-state index is -0.763. The van der Waals surface area contributed by atoms with Crippen molar-refractivity contribution in [2.45, 2.75) is 355 Å². The first-order valence-electron chi connectivity index (χ1n) is 30.7. The zero-order chi connectivity index (χ0) is 49.6. The van der Waals surface area contributed by atoms with Crippen molar-refractivity contribution in [2.24, 2.45) is 11.8 Å². The van der Waals surface area contributed by atoms with Gasteiger partial charge in [-0.3, -0.25) is 14.4 Å². The van der Waals surface area contributed by atoms with E-state index >= 15 is 0 Å². The third kappa shape index (κ3) is 55.3. The van der Waals surface area contributed by atoms with Crippen molar-refractivity contribution >= 4 is 17.9 Å². The van der Waals surface area contributed by atoms with Gasteiger partial charge in [-0.2, -0.15) is 0 Å². The summed E-state index contributed by atoms with van der Waals surface area (Å²) in [6, 6.07) is 0. The quantitative estimate of drug-likeness (QED) is 0.0343. The Kier molecular flexibility index (Phi) is 53.5. The monoisotopic (exact) mass is 961 g/mol. The van der Waals surface area contributed by atoms with Crippen LogP contribution in [0.2, 0.25) is 0 Å². The second-order valence-electron chi connectivity index (χ2n) is 22.3. The molecule has 0 saturated heterocycles. The average molecular weight is 962 g/mol. The standard InChI is InChI=1S/C62H120O6/c1-6-7-8-9-10-11-12-13-14-15-16-17-20-24-27-34-39-44-49-54-62(65)68-59(56-67-61(64)53-48-43-38-33-29-28-31-36-41-46-51-58(4)5)55-66-60(63)52-47-42-37-32-26-23-21-18-19-22-25-30-35-40-45-50-57(2)3/h57-59H,6-56H2,1-5H3/t59-/m1/s1. The molecule has 404 valence electrons. The van der Waals surface area contributed by atoms with E-state index in [0.29, 0.717) is 19.3 Å². The van der Waals surface area contributed by atoms with Crippen molar-refractivity contribution in [1.82, 2.24) is 0 Å². The number of carbonyl (C=O) groups is 3. The minimum absolute atomic E-state index is 0.0624. The van der Waals surface area contributed by atoms with Gasteiger partial charge in [-0.15, -0.1) is 0 Å². The van der Waals surface area contributed by atoms with Crippen LogP contribution >= 0.6 is 0 Å². The van der Waals surface area contributed by atoms with E-state index in [1.165, 1.54) is 238 Å². The number of esters is 3. The van der Waals surface area contributed by atoms with Gasteiger partial charge in [0.1, 0.15) is 13.2 Å². The smallest absolute Gasteiger partial charge is 0.306 e. The molecule has 6 nitrogen and oxygen atoms in total. The second-order valence-corrected chi connectivity index (χ2v) is 22.3. The predicted molar refractivity (Wildman–Crippen MR) is 293 cm³/mol. The van der Waals surface area contributed by atoms with E-state index in [9.17, 15) is 14.4 Å². The van der Waals surface area contributed by atoms with E-state index in [-0.39, 0.29) is 31.1 Å². The number of unbranched alkanes of at least 4 members (excludes halogenated alkanes) is 41. The minimum Gasteiger partial charge on any atom is -0.462 e. The summed E-state index contributed by atoms with van der Waals surface area (Å²) in [6.45, 7) is 11.4. The zero-order valence-corrected chi connectivity index (χ0v) is 46.7. The van der Waals surface area contributed by atoms with Crippen LogP contribution in [0.25, 0.3) is 0 Å². The van der Waals surface area contributed by atoms with E-state index in [0.717, 1.165) is 69.6 Å². The third-order valence-corrected chi connectivity index (χ3v) is 14.2. The lowest BCUT2D eigenvalue weighted by atomic mass is 10.0. The molecule has 0 bridgehead atoms. The van der Waals surface area contributed by atoms with Crippen LogP contribution in [0.15, 0.2) is 0 Å². The lowest BCUT2D eigenvalue weighted by Gasteiger charge is -2.18. The summed E-state index contributed by atoms with van der Waals surface area (Å²) in [5.41, 5.74) is 0. The molecule has 0 rings (SSSR count). The molecule has 68 heavy (non-hydrogen) atoms. The molecule has 0 saturated carbocycles. The largest absolute Gasteiger partial charge is 0.462 e. The maximum atomic E-state index is 12.9. The van der Waals surface area contributed by atoms with Gasteiger partial charge in [-0.05, 0) is 31.1 Å². The lowest BCUT2D eigenvalue weighted by Crippen LogP contribution is -2.30. The highest BCUT2D eigenvalue weighted by atomic mass is 16.6. The number of rotatable bonds is 56. The van der Waals surface area contributed by atoms with Crippen LogP contribution in [-0.2, 0) is 28.6 Å². The highest BCUT2D eigenvalue weighted by Gasteiger charge is 2.19. The fraction of sp³-hybridized carbons (Fsp3) is 0.952. The van der Waals surface area contributed by atoms with Crippen LogP contribution in [0.4, 0.5) is 0 Å². The summed E-state index contributed by atoms with van der Waals surface area (Å²) in [5.74, 6) is 0.832. The molecule has 0 N–H and O–H groups in total. The molecule has 0 aliphatic rings. The molecule has 1 atom stereocenters. The molecular formula is C62H120O6. The molecular weight excluding hydrogens is 841 g/mol. The summed E-state index contributed by atoms with van der Waals surface area (Å²) >= 11 is 0. The van der Waals surface area contributed by atoms with E-state index in [4.69, 9.17) is 14.2 Å². The number of carbonyl (C=O) groups excluding carboxylic acids is 3. The van der Waals surface area contributed by atoms with Crippen LogP contribution in [0.5, 0.6) is 0 Å². The van der Waals surface area contributed by atoms with Gasteiger partial charge >= 0.3 is 17.9 Å². The van der Waals surface area contributed by atoms with Gasteiger partial charge in [-0.1, -0.05) is 311 Å². The Bertz CT molecular complexity index is 1040. The fourth-order valence-corrected chi connectivity index (χ4v) is 9.58. The molecule has 0 spiro atoms. The van der Waals surface area contributed by atoms with Gasteiger partial charge in [0.15, 0.2) is 6.10 Å². The van der Waals surface area contributed by atoms with E-state index in [2.05, 4.69) is 34.6 Å². The molecule has 0 radical (unpaired) electrons. The van der Waals surface area contributed by atoms with Crippen LogP contribution in [-0.4, -0.2) is 37.2 Å². The number of hydrogen-bond acceptors (Lipinski definition) is 6. The van der Waals surface area contributed by atoms with E-state index in [1.54, 1.807) is 0 Å². The first-order valence-corrected chi connectivity index (χ1v) is 30.7. The Morgan fingerprint density at radius 3 is 0.721 bits per heavy atom. The lowest BCUT2D eigenvalue weighted by molar-refractivity contribution is -0.167. The van der Waals surface area contributed by atoms with Gasteiger partial charge in [0, 0.05) is 19.3 Å². The summed E-state index contributed by atoms with van der Waals surface area (Å²) in [4.78, 5) is 38.2. The summed E-state index contributed by atoms with van der Waals surface area (Å²) in [7, 11) is 0. The van der Waals surface area contributed by atoms with Gasteiger partial charge in [0.2, 0.25) is 0 Å². The van der Waals surface area contributed by atoms with E-state index < -0.39 is 6.10 Å². The van der Waals surface area contributed by atoms with E-state index in [1.807, 2.05) is 0 Å². The summed E-state index contributed by atoms with van der Waals surface area (Å²) in [5, 5.41) is 0. The first-order chi connectivity index (χ1) is 33.2. The Labute approximate surface area is 425 Å². The average Bonchev–Trinajstić information content (AvgIpc) is 3.31. The predicted octanol–water partition coefficient (Wildman–Crippen LogP) is 20.4. The normalized spacial score (nSPS) is 12.0. The molecule has 0 aliphatic carbocycles. The molecule has 0 unspecified atom stereocenters. The Morgan fingerprint density at radius 1 is 0.279 bits per heavy atom. The van der Waals surface area contributed by atoms with Crippen molar-refractivity contribution in [3.8, 4) is 0 Å². The highest BCUT2D eigenvalue weighted by molar-refractivity contribution is 5.71. The Morgan fingerprint density at radius 2 is 0.485 bits per heavy atom. The number of hydrogen-bond donors (Lipinski definition) is 0. The van der Waals surface area contributed by atoms with Crippen molar-refractivity contribution in [1.29, 1.82) is 0 Å². The topological polar surface area (TPSA) is 78.9 Å². The van der Waals surface area contributed by atoms with Crippen LogP contribution in [0.1, 0.15) is 349 Å². The Balaban J connectivity index is 4.27. The summed E-state index contributed by atoms with van der Waals surface area (Å²) < 4.78 is 16.9. The zero-order valence-electron chi connectivity index (χ0n) is 46.7. The second kappa shape index (κ2) is 54.7. The van der Waals surface area contributed by atoms with Gasteiger partial charge < -0.3 is 14.2 Å². The SMILES string of the molecule is CCCCCCCCCCCCCCCCCCCCCC(=O)O[C@H](COC(=O)CCCCCCCCCCCCCCCCCC(C)C)COC(=O)CCCCCCCCCCCCC(C)C. The number of ether oxygens (including phenoxy) is 3. The van der Waals surface area contributed by atoms with Crippen molar-refractivity contribution in [3.63, 3.8) is 0 Å². The Hall–Kier alpha value is -1.59. The van der Waals surface area contributed by atoms with Gasteiger partial charge in [0.25, 0.3) is 0 Å².